The summed E-state index contributed by atoms with van der Waals surface area (Å²) in [6, 6.07) is 12.3. The highest BCUT2D eigenvalue weighted by Gasteiger charge is 2.45. The fourth-order valence-corrected chi connectivity index (χ4v) is 4.64. The lowest BCUT2D eigenvalue weighted by Gasteiger charge is -2.29. The molecule has 0 atom stereocenters. The molecular formula is C24H21F3IN3O2. The number of halogens is 4. The minimum atomic E-state index is -4.76. The van der Waals surface area contributed by atoms with Crippen molar-refractivity contribution in [3.63, 3.8) is 0 Å². The van der Waals surface area contributed by atoms with E-state index in [0.717, 1.165) is 9.13 Å². The molecule has 0 unspecified atom stereocenters. The van der Waals surface area contributed by atoms with Gasteiger partial charge < -0.3 is 5.73 Å². The molecule has 0 bridgehead atoms. The number of carbonyl (C=O) groups is 2. The van der Waals surface area contributed by atoms with Crippen molar-refractivity contribution in [3.8, 4) is 5.69 Å². The van der Waals surface area contributed by atoms with E-state index in [4.69, 9.17) is 5.73 Å². The van der Waals surface area contributed by atoms with Crippen molar-refractivity contribution in [2.45, 2.75) is 39.3 Å². The zero-order valence-corrected chi connectivity index (χ0v) is 20.1. The molecule has 1 aliphatic carbocycles. The van der Waals surface area contributed by atoms with Crippen LogP contribution < -0.4 is 5.73 Å². The second-order valence-electron chi connectivity index (χ2n) is 9.03. The maximum atomic E-state index is 13.8. The lowest BCUT2D eigenvalue weighted by Crippen LogP contribution is -2.29. The van der Waals surface area contributed by atoms with Crippen molar-refractivity contribution in [2.75, 3.05) is 0 Å². The van der Waals surface area contributed by atoms with Crippen LogP contribution in [0.2, 0.25) is 0 Å². The summed E-state index contributed by atoms with van der Waals surface area (Å²) < 4.78 is 43.5. The third-order valence-electron chi connectivity index (χ3n) is 5.72. The molecule has 2 aromatic carbocycles. The van der Waals surface area contributed by atoms with Gasteiger partial charge in [-0.3, -0.25) is 9.59 Å². The SMILES string of the molecule is CC1(C)CC(=O)c2c(C(F)(F)F)nn(-c3ccc(C(N)=O)c(Cc4ccc([124I])cc4)c3)c2C1. The number of carbonyl (C=O) groups excluding carboxylic acids is 2. The summed E-state index contributed by atoms with van der Waals surface area (Å²) in [7, 11) is 0. The fraction of sp³-hybridized carbons (Fsp3) is 0.292. The Hall–Kier alpha value is -2.69. The van der Waals surface area contributed by atoms with Gasteiger partial charge in [0, 0.05) is 15.6 Å². The number of Topliss-reactive ketones (excluding diaryl/α,β-unsaturated/α-hetero) is 1. The average molecular weight is 564 g/mol. The van der Waals surface area contributed by atoms with Crippen LogP contribution in [0.15, 0.2) is 42.5 Å². The Morgan fingerprint density at radius 2 is 1.82 bits per heavy atom. The van der Waals surface area contributed by atoms with Crippen LogP contribution in [-0.2, 0) is 19.0 Å². The predicted octanol–water partition coefficient (Wildman–Crippen LogP) is 5.34. The van der Waals surface area contributed by atoms with Gasteiger partial charge in [0.05, 0.1) is 16.9 Å². The summed E-state index contributed by atoms with van der Waals surface area (Å²) in [5, 5.41) is 3.84. The molecule has 1 aliphatic rings. The Labute approximate surface area is 202 Å². The Balaban J connectivity index is 1.88. The highest BCUT2D eigenvalue weighted by molar-refractivity contribution is 14.1. The van der Waals surface area contributed by atoms with Gasteiger partial charge in [0.2, 0.25) is 5.91 Å². The van der Waals surface area contributed by atoms with Crippen LogP contribution in [0, 0.1) is 8.99 Å². The standard InChI is InChI=1S/C24H21F3IN3O2/c1-23(2)11-18-20(19(32)12-23)21(24(25,26)27)30-31(18)16-7-8-17(22(29)33)14(10-16)9-13-3-5-15(28)6-4-13/h3-8,10H,9,11-12H2,1-2H3,(H2,29,33)/i28-3. The van der Waals surface area contributed by atoms with Gasteiger partial charge in [-0.1, -0.05) is 26.0 Å². The molecule has 33 heavy (non-hydrogen) atoms. The fourth-order valence-electron chi connectivity index (χ4n) is 4.28. The third kappa shape index (κ3) is 4.68. The molecule has 9 heteroatoms. The average Bonchev–Trinajstić information content (AvgIpc) is 3.08. The number of primary amides is 1. The molecule has 1 amide bonds. The Kier molecular flexibility index (Phi) is 5.88. The second kappa shape index (κ2) is 8.27. The van der Waals surface area contributed by atoms with Gasteiger partial charge in [-0.05, 0) is 82.3 Å². The van der Waals surface area contributed by atoms with Gasteiger partial charge in [-0.15, -0.1) is 0 Å². The summed E-state index contributed by atoms with van der Waals surface area (Å²) in [6.07, 6.45) is -4.11. The largest absolute Gasteiger partial charge is 0.435 e. The number of nitrogens with two attached hydrogens (primary N) is 1. The van der Waals surface area contributed by atoms with Crippen LogP contribution in [0.3, 0.4) is 0 Å². The van der Waals surface area contributed by atoms with Crippen LogP contribution in [-0.4, -0.2) is 21.5 Å². The topological polar surface area (TPSA) is 78.0 Å². The molecule has 1 aromatic heterocycles. The van der Waals surface area contributed by atoms with E-state index < -0.39 is 29.0 Å². The lowest BCUT2D eigenvalue weighted by atomic mass is 9.75. The van der Waals surface area contributed by atoms with Gasteiger partial charge in [-0.25, -0.2) is 4.68 Å². The van der Waals surface area contributed by atoms with E-state index in [1.807, 2.05) is 38.1 Å². The Morgan fingerprint density at radius 3 is 2.42 bits per heavy atom. The van der Waals surface area contributed by atoms with E-state index in [9.17, 15) is 22.8 Å². The molecule has 2 N–H and O–H groups in total. The number of aromatic nitrogens is 2. The molecule has 0 spiro atoms. The predicted molar refractivity (Wildman–Crippen MR) is 125 cm³/mol. The zero-order valence-electron chi connectivity index (χ0n) is 18.0. The summed E-state index contributed by atoms with van der Waals surface area (Å²) in [5.74, 6) is -1.19. The number of fused-ring (bicyclic) bond motifs is 1. The van der Waals surface area contributed by atoms with Crippen LogP contribution >= 0.6 is 22.6 Å². The highest BCUT2D eigenvalue weighted by atomic mass is 124. The number of amides is 1. The van der Waals surface area contributed by atoms with Gasteiger partial charge in [-0.2, -0.15) is 18.3 Å². The lowest BCUT2D eigenvalue weighted by molar-refractivity contribution is -0.141. The summed E-state index contributed by atoms with van der Waals surface area (Å²) in [6.45, 7) is 3.69. The Morgan fingerprint density at radius 1 is 1.15 bits per heavy atom. The first-order chi connectivity index (χ1) is 15.4. The summed E-state index contributed by atoms with van der Waals surface area (Å²) >= 11 is 2.19. The van der Waals surface area contributed by atoms with Gasteiger partial charge in [0.25, 0.3) is 0 Å². The smallest absolute Gasteiger partial charge is 0.366 e. The zero-order chi connectivity index (χ0) is 24.1. The van der Waals surface area contributed by atoms with Crippen molar-refractivity contribution >= 4 is 34.3 Å². The van der Waals surface area contributed by atoms with E-state index in [0.29, 0.717) is 17.7 Å². The number of hydrogen-bond acceptors (Lipinski definition) is 3. The third-order valence-corrected chi connectivity index (χ3v) is 6.44. The van der Waals surface area contributed by atoms with Crippen molar-refractivity contribution in [1.29, 1.82) is 0 Å². The number of benzene rings is 2. The van der Waals surface area contributed by atoms with Crippen LogP contribution in [0.25, 0.3) is 5.69 Å². The molecule has 3 aromatic rings. The maximum Gasteiger partial charge on any atom is 0.435 e. The van der Waals surface area contributed by atoms with E-state index in [1.54, 1.807) is 6.07 Å². The number of ketones is 1. The van der Waals surface area contributed by atoms with Crippen LogP contribution in [0.1, 0.15) is 63.5 Å². The molecular weight excluding hydrogens is 543 g/mol. The van der Waals surface area contributed by atoms with Crippen molar-refractivity contribution in [3.05, 3.63) is 79.7 Å². The summed E-state index contributed by atoms with van der Waals surface area (Å²) in [5.41, 5.74) is 5.87. The van der Waals surface area contributed by atoms with E-state index in [2.05, 4.69) is 27.7 Å². The van der Waals surface area contributed by atoms with E-state index in [1.165, 1.54) is 16.8 Å². The molecule has 4 rings (SSSR count). The Bertz CT molecular complexity index is 1260. The molecule has 0 radical (unpaired) electrons. The number of rotatable bonds is 4. The normalized spacial score (nSPS) is 15.4. The monoisotopic (exact) mass is 564 g/mol. The molecule has 5 nitrogen and oxygen atoms in total. The van der Waals surface area contributed by atoms with Crippen LogP contribution in [0.5, 0.6) is 0 Å². The number of nitrogens with zero attached hydrogens (tertiary/aromatic N) is 2. The number of alkyl halides is 3. The van der Waals surface area contributed by atoms with Crippen molar-refractivity contribution in [2.24, 2.45) is 11.1 Å². The van der Waals surface area contributed by atoms with Crippen molar-refractivity contribution in [1.82, 2.24) is 9.78 Å². The first-order valence-corrected chi connectivity index (χ1v) is 11.3. The quantitative estimate of drug-likeness (QED) is 0.435. The van der Waals surface area contributed by atoms with Crippen LogP contribution in [0.4, 0.5) is 13.2 Å². The molecule has 0 fully saturated rings. The molecule has 1 heterocycles. The minimum absolute atomic E-state index is 0.0213. The second-order valence-corrected chi connectivity index (χ2v) is 10.3. The first-order valence-electron chi connectivity index (χ1n) is 10.3. The number of hydrogen-bond donors (Lipinski definition) is 1. The van der Waals surface area contributed by atoms with E-state index in [-0.39, 0.29) is 29.7 Å². The summed E-state index contributed by atoms with van der Waals surface area (Å²) in [4.78, 5) is 24.7. The molecule has 0 saturated carbocycles. The highest BCUT2D eigenvalue weighted by Crippen LogP contribution is 2.42. The van der Waals surface area contributed by atoms with Crippen molar-refractivity contribution < 1.29 is 22.8 Å². The van der Waals surface area contributed by atoms with Gasteiger partial charge in [0.1, 0.15) is 0 Å². The van der Waals surface area contributed by atoms with E-state index >= 15 is 0 Å². The maximum absolute atomic E-state index is 13.8. The molecule has 0 aliphatic heterocycles. The minimum Gasteiger partial charge on any atom is -0.366 e. The van der Waals surface area contributed by atoms with Gasteiger partial charge >= 0.3 is 6.18 Å². The molecule has 172 valence electrons. The first kappa shape index (κ1) is 23.5. The molecule has 0 saturated heterocycles. The van der Waals surface area contributed by atoms with Gasteiger partial charge in [0.15, 0.2) is 11.5 Å².